The number of aromatic carboxylic acids is 1. The summed E-state index contributed by atoms with van der Waals surface area (Å²) in [7, 11) is 0. The summed E-state index contributed by atoms with van der Waals surface area (Å²) in [5.41, 5.74) is 3.51. The number of benzene rings is 2. The molecule has 0 saturated heterocycles. The number of aryl methyl sites for hydroxylation is 1. The molecule has 0 aromatic heterocycles. The molecule has 2 aliphatic carbocycles. The number of hydrogen-bond donors (Lipinski definition) is 2. The maximum Gasteiger partial charge on any atom is 0.335 e. The van der Waals surface area contributed by atoms with E-state index >= 15 is 0 Å². The molecule has 0 aliphatic heterocycles. The molecule has 2 aliphatic rings. The van der Waals surface area contributed by atoms with Crippen LogP contribution in [0.5, 0.6) is 0 Å². The lowest BCUT2D eigenvalue weighted by Gasteiger charge is -2.08. The van der Waals surface area contributed by atoms with Gasteiger partial charge in [0.05, 0.1) is 5.56 Å². The first-order chi connectivity index (χ1) is 18.1. The molecule has 2 aromatic rings. The number of carboxylic acid groups (broad SMARTS) is 2. The van der Waals surface area contributed by atoms with Crippen molar-refractivity contribution in [1.82, 2.24) is 0 Å². The van der Waals surface area contributed by atoms with Crippen LogP contribution < -0.4 is 0 Å². The van der Waals surface area contributed by atoms with E-state index in [1.54, 1.807) is 12.1 Å². The lowest BCUT2D eigenvalue weighted by Crippen LogP contribution is -2.10. The lowest BCUT2D eigenvalue weighted by atomic mass is 9.95. The molecule has 2 aromatic carbocycles. The first-order valence-electron chi connectivity index (χ1n) is 11.7. The van der Waals surface area contributed by atoms with Gasteiger partial charge in [0.25, 0.3) is 0 Å². The van der Waals surface area contributed by atoms with Gasteiger partial charge in [-0.1, -0.05) is 36.4 Å². The molecule has 0 radical (unpaired) electrons. The van der Waals surface area contributed by atoms with Gasteiger partial charge in [-0.25, -0.2) is 4.79 Å². The van der Waals surface area contributed by atoms with Crippen LogP contribution in [0.15, 0.2) is 96.1 Å². The van der Waals surface area contributed by atoms with Crippen molar-refractivity contribution in [1.29, 1.82) is 0 Å². The number of allylic oxidation sites excluding steroid dienone is 8. The molecule has 0 atom stereocenters. The molecular formula is C30H24O8. The number of carbonyl (C=O) groups excluding carboxylic acids is 4. The Kier molecular flexibility index (Phi) is 9.31. The highest BCUT2D eigenvalue weighted by atomic mass is 16.4. The van der Waals surface area contributed by atoms with Crippen molar-refractivity contribution in [3.63, 3.8) is 0 Å². The molecule has 0 bridgehead atoms. The summed E-state index contributed by atoms with van der Waals surface area (Å²) < 4.78 is 0. The number of ketones is 4. The van der Waals surface area contributed by atoms with E-state index < -0.39 is 11.9 Å². The van der Waals surface area contributed by atoms with Crippen molar-refractivity contribution < 1.29 is 39.0 Å². The molecule has 0 fully saturated rings. The minimum absolute atomic E-state index is 0.0757. The molecule has 0 amide bonds. The topological polar surface area (TPSA) is 143 Å². The molecule has 0 heterocycles. The van der Waals surface area contributed by atoms with Gasteiger partial charge in [-0.2, -0.15) is 0 Å². The summed E-state index contributed by atoms with van der Waals surface area (Å²) in [6.07, 6.45) is 8.81. The van der Waals surface area contributed by atoms with Crippen LogP contribution in [0.4, 0.5) is 0 Å². The van der Waals surface area contributed by atoms with Crippen molar-refractivity contribution in [2.75, 3.05) is 0 Å². The van der Waals surface area contributed by atoms with E-state index in [0.717, 1.165) is 11.1 Å². The third kappa shape index (κ3) is 8.30. The van der Waals surface area contributed by atoms with Crippen LogP contribution in [0.1, 0.15) is 33.5 Å². The molecule has 8 nitrogen and oxygen atoms in total. The Morgan fingerprint density at radius 2 is 1.13 bits per heavy atom. The summed E-state index contributed by atoms with van der Waals surface area (Å²) in [5.74, 6) is -2.62. The predicted molar refractivity (Wildman–Crippen MR) is 138 cm³/mol. The van der Waals surface area contributed by atoms with E-state index in [0.29, 0.717) is 29.6 Å². The van der Waals surface area contributed by atoms with Crippen molar-refractivity contribution in [2.45, 2.75) is 25.7 Å². The highest BCUT2D eigenvalue weighted by molar-refractivity contribution is 6.18. The first-order valence-corrected chi connectivity index (χ1v) is 11.7. The fourth-order valence-electron chi connectivity index (χ4n) is 3.79. The van der Waals surface area contributed by atoms with Gasteiger partial charge in [-0.05, 0) is 71.7 Å². The molecule has 2 N–H and O–H groups in total. The average Bonchev–Trinajstić information content (AvgIpc) is 2.88. The van der Waals surface area contributed by atoms with Gasteiger partial charge < -0.3 is 10.2 Å². The molecule has 8 heteroatoms. The van der Waals surface area contributed by atoms with Crippen LogP contribution in [0.2, 0.25) is 0 Å². The monoisotopic (exact) mass is 512 g/mol. The van der Waals surface area contributed by atoms with Crippen molar-refractivity contribution in [3.8, 4) is 0 Å². The van der Waals surface area contributed by atoms with Crippen molar-refractivity contribution >= 4 is 35.1 Å². The zero-order valence-corrected chi connectivity index (χ0v) is 20.3. The van der Waals surface area contributed by atoms with Gasteiger partial charge in [-0.3, -0.25) is 24.0 Å². The summed E-state index contributed by atoms with van der Waals surface area (Å²) in [6.45, 7) is 0. The Hall–Kier alpha value is -4.98. The van der Waals surface area contributed by atoms with Crippen LogP contribution in [0.25, 0.3) is 0 Å². The van der Waals surface area contributed by atoms with Crippen LogP contribution in [0.3, 0.4) is 0 Å². The number of rotatable bonds is 8. The summed E-state index contributed by atoms with van der Waals surface area (Å²) in [6, 6.07) is 13.7. The third-order valence-corrected chi connectivity index (χ3v) is 5.65. The van der Waals surface area contributed by atoms with Gasteiger partial charge in [0.2, 0.25) is 0 Å². The fraction of sp³-hybridized carbons (Fsp3) is 0.133. The Balaban J connectivity index is 0.000000212. The van der Waals surface area contributed by atoms with Gasteiger partial charge in [-0.15, -0.1) is 0 Å². The molecule has 192 valence electrons. The van der Waals surface area contributed by atoms with Crippen molar-refractivity contribution in [3.05, 3.63) is 118 Å². The minimum atomic E-state index is -1.02. The highest BCUT2D eigenvalue weighted by Gasteiger charge is 2.15. The molecule has 4 rings (SSSR count). The van der Waals surface area contributed by atoms with Gasteiger partial charge >= 0.3 is 11.9 Å². The third-order valence-electron chi connectivity index (χ3n) is 5.65. The number of hydrogen-bond acceptors (Lipinski definition) is 6. The van der Waals surface area contributed by atoms with E-state index in [4.69, 9.17) is 10.2 Å². The predicted octanol–water partition coefficient (Wildman–Crippen LogP) is 3.44. The molecule has 0 spiro atoms. The summed E-state index contributed by atoms with van der Waals surface area (Å²) in [5, 5.41) is 17.5. The van der Waals surface area contributed by atoms with E-state index in [-0.39, 0.29) is 41.5 Å². The van der Waals surface area contributed by atoms with E-state index in [2.05, 4.69) is 0 Å². The lowest BCUT2D eigenvalue weighted by molar-refractivity contribution is -0.137. The SMILES string of the molecule is O=C1C=CC(=O)C(Cc2cccc(C(=O)O)c2)=C1.O=C1C=CC(=O)C(Cc2cccc(CCC(=O)O)c2)=C1. The standard InChI is InChI=1S/C16H14O4.C14H10O4/c17-14-5-6-15(18)13(10-14)9-12-3-1-2-11(8-12)4-7-16(19)20;15-12-4-5-13(16)11(8-12)7-9-2-1-3-10(6-9)14(17)18/h1-3,5-6,8,10H,4,7,9H2,(H,19,20);1-6,8H,7H2,(H,17,18). The van der Waals surface area contributed by atoms with Crippen LogP contribution in [0, 0.1) is 0 Å². The van der Waals surface area contributed by atoms with E-state index in [1.165, 1.54) is 48.6 Å². The molecule has 0 saturated carbocycles. The largest absolute Gasteiger partial charge is 0.481 e. The van der Waals surface area contributed by atoms with Crippen LogP contribution in [-0.2, 0) is 43.2 Å². The maximum atomic E-state index is 11.7. The normalized spacial score (nSPS) is 14.4. The quantitative estimate of drug-likeness (QED) is 0.512. The van der Waals surface area contributed by atoms with E-state index in [1.807, 2.05) is 24.3 Å². The maximum absolute atomic E-state index is 11.7. The Labute approximate surface area is 218 Å². The second-order valence-corrected chi connectivity index (χ2v) is 8.61. The fourth-order valence-corrected chi connectivity index (χ4v) is 3.79. The summed E-state index contributed by atoms with van der Waals surface area (Å²) >= 11 is 0. The second-order valence-electron chi connectivity index (χ2n) is 8.61. The van der Waals surface area contributed by atoms with Crippen molar-refractivity contribution in [2.24, 2.45) is 0 Å². The van der Waals surface area contributed by atoms with Gasteiger partial charge in [0, 0.05) is 30.4 Å². The van der Waals surface area contributed by atoms with Crippen LogP contribution >= 0.6 is 0 Å². The summed E-state index contributed by atoms with van der Waals surface area (Å²) in [4.78, 5) is 67.0. The van der Waals surface area contributed by atoms with E-state index in [9.17, 15) is 28.8 Å². The zero-order chi connectivity index (χ0) is 27.7. The number of carboxylic acids is 2. The average molecular weight is 513 g/mol. The number of carbonyl (C=O) groups is 6. The minimum Gasteiger partial charge on any atom is -0.481 e. The first kappa shape index (κ1) is 27.6. The van der Waals surface area contributed by atoms with Gasteiger partial charge in [0.1, 0.15) is 0 Å². The highest BCUT2D eigenvalue weighted by Crippen LogP contribution is 2.16. The molecule has 0 unspecified atom stereocenters. The second kappa shape index (κ2) is 12.8. The molecular weight excluding hydrogens is 488 g/mol. The van der Waals surface area contributed by atoms with Gasteiger partial charge in [0.15, 0.2) is 23.1 Å². The number of aliphatic carboxylic acids is 1. The zero-order valence-electron chi connectivity index (χ0n) is 20.3. The Morgan fingerprint density at radius 3 is 1.66 bits per heavy atom. The Bertz CT molecular complexity index is 1440. The van der Waals surface area contributed by atoms with Crippen LogP contribution in [-0.4, -0.2) is 45.3 Å². The molecule has 38 heavy (non-hydrogen) atoms. The Morgan fingerprint density at radius 1 is 0.632 bits per heavy atom. The smallest absolute Gasteiger partial charge is 0.335 e.